The van der Waals surface area contributed by atoms with E-state index in [1.807, 2.05) is 32.0 Å². The fourth-order valence-electron chi connectivity index (χ4n) is 5.20. The predicted molar refractivity (Wildman–Crippen MR) is 144 cm³/mol. The maximum absolute atomic E-state index is 15.0. The van der Waals surface area contributed by atoms with Crippen LogP contribution in [-0.2, 0) is 6.42 Å². The second-order valence-corrected chi connectivity index (χ2v) is 10.3. The van der Waals surface area contributed by atoms with Crippen molar-refractivity contribution in [3.05, 3.63) is 65.6 Å². The molecule has 7 nitrogen and oxygen atoms in total. The lowest BCUT2D eigenvalue weighted by Gasteiger charge is -2.34. The number of hydrogen-bond donors (Lipinski definition) is 0. The minimum Gasteiger partial charge on any atom is -0.486 e. The van der Waals surface area contributed by atoms with Crippen molar-refractivity contribution in [1.82, 2.24) is 14.9 Å². The van der Waals surface area contributed by atoms with Crippen LogP contribution in [0, 0.1) is 11.6 Å². The average molecular weight is 520 g/mol. The van der Waals surface area contributed by atoms with Crippen molar-refractivity contribution in [2.45, 2.75) is 26.3 Å². The smallest absolute Gasteiger partial charge is 0.196 e. The van der Waals surface area contributed by atoms with Gasteiger partial charge in [0.25, 0.3) is 0 Å². The van der Waals surface area contributed by atoms with E-state index in [-0.39, 0.29) is 17.5 Å². The number of piperazine rings is 1. The third-order valence-corrected chi connectivity index (χ3v) is 7.35. The summed E-state index contributed by atoms with van der Waals surface area (Å²) in [6, 6.07) is 11.3. The normalized spacial score (nSPS) is 16.3. The number of rotatable bonds is 5. The van der Waals surface area contributed by atoms with Gasteiger partial charge in [0.2, 0.25) is 0 Å². The van der Waals surface area contributed by atoms with Crippen molar-refractivity contribution < 1.29 is 17.9 Å². The van der Waals surface area contributed by atoms with Crippen molar-refractivity contribution >= 4 is 22.5 Å². The van der Waals surface area contributed by atoms with Crippen LogP contribution in [-0.4, -0.2) is 67.3 Å². The zero-order valence-corrected chi connectivity index (χ0v) is 21.9. The van der Waals surface area contributed by atoms with E-state index in [0.717, 1.165) is 54.8 Å². The van der Waals surface area contributed by atoms with E-state index in [1.54, 1.807) is 6.07 Å². The minimum absolute atomic E-state index is 0.0717. The Kier molecular flexibility index (Phi) is 6.39. The van der Waals surface area contributed by atoms with E-state index in [4.69, 9.17) is 9.15 Å². The van der Waals surface area contributed by atoms with Gasteiger partial charge in [-0.05, 0) is 44.7 Å². The SMILES string of the molecule is CC(C)N1CCOc2c(F)cc(-c3nc(Cc4ccc5cc(N6CCN(C)CC6)oc5c4)ncc3F)cc21. The van der Waals surface area contributed by atoms with Gasteiger partial charge in [-0.2, -0.15) is 0 Å². The van der Waals surface area contributed by atoms with Crippen LogP contribution in [0.2, 0.25) is 0 Å². The summed E-state index contributed by atoms with van der Waals surface area (Å²) in [6.07, 6.45) is 1.55. The molecule has 2 aromatic carbocycles. The highest BCUT2D eigenvalue weighted by Gasteiger charge is 2.26. The van der Waals surface area contributed by atoms with Gasteiger partial charge in [-0.15, -0.1) is 0 Å². The van der Waals surface area contributed by atoms with Gasteiger partial charge in [-0.3, -0.25) is 0 Å². The lowest BCUT2D eigenvalue weighted by Crippen LogP contribution is -2.44. The summed E-state index contributed by atoms with van der Waals surface area (Å²) in [7, 11) is 2.13. The molecule has 2 aromatic heterocycles. The molecule has 0 N–H and O–H groups in total. The van der Waals surface area contributed by atoms with Gasteiger partial charge in [-0.25, -0.2) is 18.7 Å². The quantitative estimate of drug-likeness (QED) is 0.363. The molecule has 4 aromatic rings. The highest BCUT2D eigenvalue weighted by atomic mass is 19.1. The van der Waals surface area contributed by atoms with Crippen LogP contribution in [0.4, 0.5) is 20.4 Å². The van der Waals surface area contributed by atoms with Crippen molar-refractivity contribution in [3.8, 4) is 17.0 Å². The van der Waals surface area contributed by atoms with Gasteiger partial charge in [0, 0.05) is 55.7 Å². The second kappa shape index (κ2) is 9.87. The van der Waals surface area contributed by atoms with Crippen LogP contribution in [0.1, 0.15) is 25.2 Å². The van der Waals surface area contributed by atoms with Crippen LogP contribution in [0.5, 0.6) is 5.75 Å². The molecule has 0 atom stereocenters. The number of aromatic nitrogens is 2. The molecule has 38 heavy (non-hydrogen) atoms. The Morgan fingerprint density at radius 2 is 1.79 bits per heavy atom. The molecule has 1 fully saturated rings. The molecule has 4 heterocycles. The molecular formula is C29H31F2N5O2. The molecule has 1 saturated heterocycles. The average Bonchev–Trinajstić information content (AvgIpc) is 3.33. The van der Waals surface area contributed by atoms with Crippen LogP contribution in [0.3, 0.4) is 0 Å². The highest BCUT2D eigenvalue weighted by Crippen LogP contribution is 2.39. The maximum Gasteiger partial charge on any atom is 0.196 e. The maximum atomic E-state index is 15.0. The number of ether oxygens (including phenoxy) is 1. The molecule has 198 valence electrons. The van der Waals surface area contributed by atoms with Gasteiger partial charge >= 0.3 is 0 Å². The number of likely N-dealkylation sites (N-methyl/N-ethyl adjacent to an activating group) is 1. The van der Waals surface area contributed by atoms with Gasteiger partial charge in [0.05, 0.1) is 18.4 Å². The summed E-state index contributed by atoms with van der Waals surface area (Å²) in [5, 5.41) is 1.03. The van der Waals surface area contributed by atoms with Crippen molar-refractivity contribution in [2.24, 2.45) is 0 Å². The monoisotopic (exact) mass is 519 g/mol. The van der Waals surface area contributed by atoms with Crippen molar-refractivity contribution in [2.75, 3.05) is 56.2 Å². The second-order valence-electron chi connectivity index (χ2n) is 10.3. The first-order valence-corrected chi connectivity index (χ1v) is 13.1. The molecule has 0 amide bonds. The number of fused-ring (bicyclic) bond motifs is 2. The molecule has 0 spiro atoms. The van der Waals surface area contributed by atoms with E-state index in [1.165, 1.54) is 6.07 Å². The standard InChI is InChI=1S/C29H31F2N5O2/c1-18(2)36-10-11-37-29-22(30)14-21(15-24(29)36)28-23(31)17-32-26(33-28)13-19-4-5-20-16-27(38-25(20)12-19)35-8-6-34(3)7-9-35/h4-5,12,14-18H,6-11,13H2,1-3H3. The molecular weight excluding hydrogens is 488 g/mol. The number of nitrogens with zero attached hydrogens (tertiary/aromatic N) is 5. The number of furan rings is 1. The molecule has 0 saturated carbocycles. The minimum atomic E-state index is -0.598. The molecule has 2 aliphatic rings. The summed E-state index contributed by atoms with van der Waals surface area (Å²) in [5.74, 6) is 0.397. The van der Waals surface area contributed by atoms with E-state index >= 15 is 4.39 Å². The molecule has 9 heteroatoms. The van der Waals surface area contributed by atoms with Crippen molar-refractivity contribution in [1.29, 1.82) is 0 Å². The van der Waals surface area contributed by atoms with Gasteiger partial charge < -0.3 is 23.9 Å². The summed E-state index contributed by atoms with van der Waals surface area (Å²) in [5.41, 5.74) is 2.79. The summed E-state index contributed by atoms with van der Waals surface area (Å²) < 4.78 is 41.7. The summed E-state index contributed by atoms with van der Waals surface area (Å²) >= 11 is 0. The summed E-state index contributed by atoms with van der Waals surface area (Å²) in [6.45, 7) is 8.98. The zero-order valence-electron chi connectivity index (χ0n) is 21.9. The van der Waals surface area contributed by atoms with Crippen LogP contribution in [0.25, 0.3) is 22.2 Å². The Labute approximate surface area is 220 Å². The number of hydrogen-bond acceptors (Lipinski definition) is 7. The lowest BCUT2D eigenvalue weighted by atomic mass is 10.1. The van der Waals surface area contributed by atoms with Crippen molar-refractivity contribution in [3.63, 3.8) is 0 Å². The molecule has 2 aliphatic heterocycles. The van der Waals surface area contributed by atoms with E-state index in [2.05, 4.69) is 37.8 Å². The van der Waals surface area contributed by atoms with Gasteiger partial charge in [0.1, 0.15) is 23.7 Å². The topological polar surface area (TPSA) is 57.9 Å². The van der Waals surface area contributed by atoms with E-state index < -0.39 is 11.6 Å². The number of anilines is 2. The Balaban J connectivity index is 1.28. The van der Waals surface area contributed by atoms with E-state index in [9.17, 15) is 4.39 Å². The van der Waals surface area contributed by atoms with Crippen LogP contribution < -0.4 is 14.5 Å². The third-order valence-electron chi connectivity index (χ3n) is 7.35. The molecule has 0 aliphatic carbocycles. The Morgan fingerprint density at radius 3 is 2.58 bits per heavy atom. The third kappa shape index (κ3) is 4.67. The van der Waals surface area contributed by atoms with E-state index in [0.29, 0.717) is 36.6 Å². The Bertz CT molecular complexity index is 1480. The van der Waals surface area contributed by atoms with Crippen LogP contribution in [0.15, 0.2) is 47.0 Å². The molecule has 0 bridgehead atoms. The number of benzene rings is 2. The fourth-order valence-corrected chi connectivity index (χ4v) is 5.20. The van der Waals surface area contributed by atoms with Crippen LogP contribution >= 0.6 is 0 Å². The fraction of sp³-hybridized carbons (Fsp3) is 0.379. The van der Waals surface area contributed by atoms with Gasteiger partial charge in [-0.1, -0.05) is 12.1 Å². The zero-order chi connectivity index (χ0) is 26.4. The Hall–Kier alpha value is -3.72. The van der Waals surface area contributed by atoms with Gasteiger partial charge in [0.15, 0.2) is 23.3 Å². The molecule has 6 rings (SSSR count). The number of halogens is 2. The molecule has 0 unspecified atom stereocenters. The lowest BCUT2D eigenvalue weighted by molar-refractivity contribution is 0.287. The Morgan fingerprint density at radius 1 is 0.974 bits per heavy atom. The predicted octanol–water partition coefficient (Wildman–Crippen LogP) is 5.12. The largest absolute Gasteiger partial charge is 0.486 e. The first-order valence-electron chi connectivity index (χ1n) is 13.1. The summed E-state index contributed by atoms with van der Waals surface area (Å²) in [4.78, 5) is 15.4. The highest BCUT2D eigenvalue weighted by molar-refractivity contribution is 5.82. The molecule has 0 radical (unpaired) electrons. The first-order chi connectivity index (χ1) is 18.4. The first kappa shape index (κ1) is 24.6.